The molecular weight excluding hydrogens is 308 g/mol. The first kappa shape index (κ1) is 15.7. The number of carbonyl (C=O) groups excluding carboxylic acids is 2. The zero-order valence-corrected chi connectivity index (χ0v) is 13.9. The van der Waals surface area contributed by atoms with Gasteiger partial charge < -0.3 is 10.2 Å². The smallest absolute Gasteiger partial charge is 0.247 e. The Hall–Kier alpha value is -2.14. The topological polar surface area (TPSA) is 49.4 Å². The number of nitrogens with zero attached hydrogens (tertiary/aromatic N) is 1. The number of nitrogens with one attached hydrogen (secondary N) is 1. The van der Waals surface area contributed by atoms with Crippen LogP contribution in [0.2, 0.25) is 0 Å². The number of amides is 2. The standard InChI is InChI=1S/C18H20N2O2S/c1-2-9-20-16(21)11-13-6-3-4-8-15(13)17(20)18(22)19-12-14-7-5-10-23-14/h3-8,10,17H,2,9,11-12H2,1H3,(H,19,22)/t17-/m1/s1. The van der Waals surface area contributed by atoms with E-state index in [9.17, 15) is 9.59 Å². The summed E-state index contributed by atoms with van der Waals surface area (Å²) >= 11 is 1.61. The Morgan fingerprint density at radius 2 is 2.13 bits per heavy atom. The van der Waals surface area contributed by atoms with Crippen molar-refractivity contribution in [2.24, 2.45) is 0 Å². The SMILES string of the molecule is CCCN1C(=O)Cc2ccccc2[C@@H]1C(=O)NCc1cccs1. The number of fused-ring (bicyclic) bond motifs is 1. The van der Waals surface area contributed by atoms with E-state index in [-0.39, 0.29) is 11.8 Å². The molecule has 1 aromatic heterocycles. The highest BCUT2D eigenvalue weighted by Crippen LogP contribution is 2.30. The van der Waals surface area contributed by atoms with E-state index >= 15 is 0 Å². The van der Waals surface area contributed by atoms with Gasteiger partial charge in [-0.3, -0.25) is 9.59 Å². The highest BCUT2D eigenvalue weighted by Gasteiger charge is 2.36. The second-order valence-electron chi connectivity index (χ2n) is 5.66. The van der Waals surface area contributed by atoms with Gasteiger partial charge in [0, 0.05) is 11.4 Å². The predicted octanol–water partition coefficient (Wildman–Crippen LogP) is 2.90. The highest BCUT2D eigenvalue weighted by molar-refractivity contribution is 7.09. The molecule has 1 aliphatic heterocycles. The zero-order chi connectivity index (χ0) is 16.2. The van der Waals surface area contributed by atoms with E-state index in [4.69, 9.17) is 0 Å². The Morgan fingerprint density at radius 3 is 2.87 bits per heavy atom. The quantitative estimate of drug-likeness (QED) is 0.917. The van der Waals surface area contributed by atoms with Crippen LogP contribution in [-0.4, -0.2) is 23.3 Å². The van der Waals surface area contributed by atoms with E-state index in [0.717, 1.165) is 22.4 Å². The lowest BCUT2D eigenvalue weighted by Gasteiger charge is -2.36. The molecule has 0 bridgehead atoms. The monoisotopic (exact) mass is 328 g/mol. The third kappa shape index (κ3) is 3.29. The maximum absolute atomic E-state index is 12.8. The lowest BCUT2D eigenvalue weighted by molar-refractivity contribution is -0.141. The van der Waals surface area contributed by atoms with Crippen molar-refractivity contribution < 1.29 is 9.59 Å². The van der Waals surface area contributed by atoms with Crippen LogP contribution < -0.4 is 5.32 Å². The molecule has 5 heteroatoms. The molecule has 1 aliphatic rings. The van der Waals surface area contributed by atoms with Crippen LogP contribution in [0.4, 0.5) is 0 Å². The van der Waals surface area contributed by atoms with E-state index in [1.807, 2.05) is 48.7 Å². The van der Waals surface area contributed by atoms with Crippen LogP contribution in [0.15, 0.2) is 41.8 Å². The molecule has 3 rings (SSSR count). The lowest BCUT2D eigenvalue weighted by atomic mass is 9.91. The number of rotatable bonds is 5. The van der Waals surface area contributed by atoms with Gasteiger partial charge in [-0.05, 0) is 29.0 Å². The fourth-order valence-corrected chi connectivity index (χ4v) is 3.64. The molecule has 23 heavy (non-hydrogen) atoms. The maximum atomic E-state index is 12.8. The number of hydrogen-bond acceptors (Lipinski definition) is 3. The molecule has 2 heterocycles. The van der Waals surface area contributed by atoms with E-state index in [2.05, 4.69) is 5.32 Å². The van der Waals surface area contributed by atoms with Crippen LogP contribution in [0, 0.1) is 0 Å². The molecule has 0 fully saturated rings. The summed E-state index contributed by atoms with van der Waals surface area (Å²) in [6, 6.07) is 11.2. The minimum Gasteiger partial charge on any atom is -0.349 e. The van der Waals surface area contributed by atoms with Gasteiger partial charge >= 0.3 is 0 Å². The van der Waals surface area contributed by atoms with Crippen molar-refractivity contribution >= 4 is 23.2 Å². The molecule has 0 radical (unpaired) electrons. The molecule has 0 unspecified atom stereocenters. The van der Waals surface area contributed by atoms with E-state index < -0.39 is 6.04 Å². The van der Waals surface area contributed by atoms with Crippen molar-refractivity contribution in [2.45, 2.75) is 32.4 Å². The van der Waals surface area contributed by atoms with Crippen LogP contribution in [0.5, 0.6) is 0 Å². The maximum Gasteiger partial charge on any atom is 0.247 e. The molecule has 120 valence electrons. The first-order valence-electron chi connectivity index (χ1n) is 7.88. The third-order valence-corrected chi connectivity index (χ3v) is 4.93. The Kier molecular flexibility index (Phi) is 4.76. The van der Waals surface area contributed by atoms with Gasteiger partial charge in [0.1, 0.15) is 6.04 Å². The largest absolute Gasteiger partial charge is 0.349 e. The molecule has 2 aromatic rings. The van der Waals surface area contributed by atoms with Crippen LogP contribution in [0.3, 0.4) is 0 Å². The Labute approximate surface area is 140 Å². The van der Waals surface area contributed by atoms with Crippen LogP contribution in [0.1, 0.15) is 35.4 Å². The van der Waals surface area contributed by atoms with E-state index in [0.29, 0.717) is 19.5 Å². The fraction of sp³-hybridized carbons (Fsp3) is 0.333. The molecule has 2 amide bonds. The second-order valence-corrected chi connectivity index (χ2v) is 6.69. The minimum atomic E-state index is -0.521. The van der Waals surface area contributed by atoms with E-state index in [1.165, 1.54) is 0 Å². The van der Waals surface area contributed by atoms with Gasteiger partial charge in [-0.1, -0.05) is 37.3 Å². The molecular formula is C18H20N2O2S. The van der Waals surface area contributed by atoms with Gasteiger partial charge in [-0.15, -0.1) is 11.3 Å². The summed E-state index contributed by atoms with van der Waals surface area (Å²) in [6.45, 7) is 3.13. The van der Waals surface area contributed by atoms with Crippen LogP contribution >= 0.6 is 11.3 Å². The molecule has 1 atom stereocenters. The molecule has 4 nitrogen and oxygen atoms in total. The second kappa shape index (κ2) is 6.96. The van der Waals surface area contributed by atoms with Gasteiger partial charge in [0.15, 0.2) is 0 Å². The summed E-state index contributed by atoms with van der Waals surface area (Å²) in [5.41, 5.74) is 1.91. The van der Waals surface area contributed by atoms with Crippen LogP contribution in [-0.2, 0) is 22.6 Å². The molecule has 0 saturated heterocycles. The summed E-state index contributed by atoms with van der Waals surface area (Å²) < 4.78 is 0. The van der Waals surface area contributed by atoms with Crippen molar-refractivity contribution in [2.75, 3.05) is 6.54 Å². The Morgan fingerprint density at radius 1 is 1.30 bits per heavy atom. The first-order chi connectivity index (χ1) is 11.2. The summed E-state index contributed by atoms with van der Waals surface area (Å²) in [7, 11) is 0. The third-order valence-electron chi connectivity index (χ3n) is 4.05. The first-order valence-corrected chi connectivity index (χ1v) is 8.76. The lowest BCUT2D eigenvalue weighted by Crippen LogP contribution is -2.47. The summed E-state index contributed by atoms with van der Waals surface area (Å²) in [5, 5.41) is 4.97. The average Bonchev–Trinajstić information content (AvgIpc) is 3.07. The Bertz CT molecular complexity index is 697. The summed E-state index contributed by atoms with van der Waals surface area (Å²) in [6.07, 6.45) is 1.22. The summed E-state index contributed by atoms with van der Waals surface area (Å²) in [5.74, 6) is -0.0748. The predicted molar refractivity (Wildman–Crippen MR) is 91.1 cm³/mol. The Balaban J connectivity index is 1.85. The van der Waals surface area contributed by atoms with Crippen LogP contribution in [0.25, 0.3) is 0 Å². The number of carbonyl (C=O) groups is 2. The molecule has 0 saturated carbocycles. The van der Waals surface area contributed by atoms with Gasteiger partial charge in [0.2, 0.25) is 11.8 Å². The fourth-order valence-electron chi connectivity index (χ4n) is 3.00. The van der Waals surface area contributed by atoms with Crippen molar-refractivity contribution in [1.82, 2.24) is 10.2 Å². The van der Waals surface area contributed by atoms with E-state index in [1.54, 1.807) is 16.2 Å². The number of benzene rings is 1. The van der Waals surface area contributed by atoms with Crippen molar-refractivity contribution in [3.8, 4) is 0 Å². The molecule has 1 N–H and O–H groups in total. The molecule has 0 spiro atoms. The molecule has 0 aliphatic carbocycles. The number of hydrogen-bond donors (Lipinski definition) is 1. The van der Waals surface area contributed by atoms with Crippen molar-refractivity contribution in [3.05, 3.63) is 57.8 Å². The molecule has 1 aromatic carbocycles. The summed E-state index contributed by atoms with van der Waals surface area (Å²) in [4.78, 5) is 28.1. The number of thiophene rings is 1. The normalized spacial score (nSPS) is 17.0. The van der Waals surface area contributed by atoms with Gasteiger partial charge in [-0.2, -0.15) is 0 Å². The van der Waals surface area contributed by atoms with Gasteiger partial charge in [0.05, 0.1) is 13.0 Å². The minimum absolute atomic E-state index is 0.0295. The highest BCUT2D eigenvalue weighted by atomic mass is 32.1. The average molecular weight is 328 g/mol. The van der Waals surface area contributed by atoms with Crippen molar-refractivity contribution in [3.63, 3.8) is 0 Å². The van der Waals surface area contributed by atoms with Gasteiger partial charge in [0.25, 0.3) is 0 Å². The van der Waals surface area contributed by atoms with Gasteiger partial charge in [-0.25, -0.2) is 0 Å². The van der Waals surface area contributed by atoms with Crippen molar-refractivity contribution in [1.29, 1.82) is 0 Å². The zero-order valence-electron chi connectivity index (χ0n) is 13.1.